The third-order valence-corrected chi connectivity index (χ3v) is 6.52. The molecule has 0 aliphatic rings. The van der Waals surface area contributed by atoms with Gasteiger partial charge in [-0.3, -0.25) is 4.18 Å². The van der Waals surface area contributed by atoms with Crippen LogP contribution >= 0.6 is 0 Å². The Balaban J connectivity index is 0.00000676. The molecule has 0 aromatic heterocycles. The van der Waals surface area contributed by atoms with E-state index in [1.54, 1.807) is 0 Å². The molecule has 0 aliphatic carbocycles. The van der Waals surface area contributed by atoms with Crippen molar-refractivity contribution in [1.29, 1.82) is 0 Å². The minimum absolute atomic E-state index is 0. The van der Waals surface area contributed by atoms with E-state index in [1.165, 1.54) is 50.7 Å². The van der Waals surface area contributed by atoms with Crippen LogP contribution in [0, 0.1) is 0 Å². The molecule has 150 valence electrons. The molecule has 0 bridgehead atoms. The first-order valence-electron chi connectivity index (χ1n) is 9.23. The van der Waals surface area contributed by atoms with E-state index in [0.717, 1.165) is 31.4 Å². The second-order valence-electron chi connectivity index (χ2n) is 6.36. The fourth-order valence-corrected chi connectivity index (χ4v) is 4.88. The standard InChI is InChI=1S/C18H30O6S2.Na/c1-2-3-4-5-6-7-8-9-10-13-16-24-26(22,23)18-15-12-11-14-17(18)25(19,20)21;/h11-12,14-15H,2-10,13,16H2,1H3,(H,19,20,21);/q;+1/p-1. The third kappa shape index (κ3) is 11.0. The van der Waals surface area contributed by atoms with Crippen LogP contribution in [-0.4, -0.2) is 28.0 Å². The molecule has 0 aliphatic heterocycles. The van der Waals surface area contributed by atoms with E-state index >= 15 is 0 Å². The predicted octanol–water partition coefficient (Wildman–Crippen LogP) is 1.22. The second kappa shape index (κ2) is 14.1. The molecule has 0 saturated heterocycles. The van der Waals surface area contributed by atoms with Crippen LogP contribution in [0.5, 0.6) is 0 Å². The van der Waals surface area contributed by atoms with E-state index in [0.29, 0.717) is 6.42 Å². The van der Waals surface area contributed by atoms with E-state index in [9.17, 15) is 21.4 Å². The number of unbranched alkanes of at least 4 members (excludes halogenated alkanes) is 9. The van der Waals surface area contributed by atoms with Gasteiger partial charge in [-0.15, -0.1) is 0 Å². The number of benzene rings is 1. The van der Waals surface area contributed by atoms with E-state index in [4.69, 9.17) is 4.18 Å². The Bertz CT molecular complexity index is 732. The largest absolute Gasteiger partial charge is 1.00 e. The normalized spacial score (nSPS) is 11.9. The summed E-state index contributed by atoms with van der Waals surface area (Å²) < 4.78 is 62.7. The summed E-state index contributed by atoms with van der Waals surface area (Å²) in [5, 5.41) is 0. The second-order valence-corrected chi connectivity index (χ2v) is 9.29. The molecule has 1 aromatic rings. The van der Waals surface area contributed by atoms with Crippen LogP contribution in [0.25, 0.3) is 0 Å². The van der Waals surface area contributed by atoms with Gasteiger partial charge >= 0.3 is 29.6 Å². The fourth-order valence-electron chi connectivity index (χ4n) is 2.68. The van der Waals surface area contributed by atoms with Crippen LogP contribution in [0.4, 0.5) is 0 Å². The molecule has 0 saturated carbocycles. The Morgan fingerprint density at radius 1 is 0.778 bits per heavy atom. The zero-order chi connectivity index (χ0) is 19.5. The number of rotatable bonds is 14. The average molecular weight is 429 g/mol. The molecular formula is C18H29NaO6S2. The maximum absolute atomic E-state index is 12.1. The van der Waals surface area contributed by atoms with Gasteiger partial charge in [-0.2, -0.15) is 8.42 Å². The van der Waals surface area contributed by atoms with Gasteiger partial charge in [0.15, 0.2) is 0 Å². The van der Waals surface area contributed by atoms with Crippen molar-refractivity contribution in [3.63, 3.8) is 0 Å². The van der Waals surface area contributed by atoms with E-state index in [2.05, 4.69) is 6.92 Å². The summed E-state index contributed by atoms with van der Waals surface area (Å²) in [4.78, 5) is -1.37. The van der Waals surface area contributed by atoms with Crippen molar-refractivity contribution in [2.24, 2.45) is 0 Å². The van der Waals surface area contributed by atoms with Gasteiger partial charge in [0.2, 0.25) is 0 Å². The molecule has 0 fully saturated rings. The van der Waals surface area contributed by atoms with Gasteiger partial charge in [0.05, 0.1) is 11.5 Å². The summed E-state index contributed by atoms with van der Waals surface area (Å²) in [7, 11) is -9.14. The summed E-state index contributed by atoms with van der Waals surface area (Å²) in [5.74, 6) is 0. The first kappa shape index (κ1) is 27.0. The van der Waals surface area contributed by atoms with Crippen molar-refractivity contribution in [3.8, 4) is 0 Å². The van der Waals surface area contributed by atoms with E-state index in [-0.39, 0.29) is 36.2 Å². The maximum Gasteiger partial charge on any atom is 1.00 e. The zero-order valence-electron chi connectivity index (χ0n) is 16.4. The van der Waals surface area contributed by atoms with Crippen LogP contribution in [0.15, 0.2) is 34.1 Å². The monoisotopic (exact) mass is 428 g/mol. The summed E-state index contributed by atoms with van der Waals surface area (Å²) in [5.41, 5.74) is 0. The van der Waals surface area contributed by atoms with Gasteiger partial charge in [0.1, 0.15) is 15.0 Å². The van der Waals surface area contributed by atoms with Crippen LogP contribution < -0.4 is 29.6 Å². The Labute approximate surface area is 186 Å². The fraction of sp³-hybridized carbons (Fsp3) is 0.667. The van der Waals surface area contributed by atoms with Crippen LogP contribution in [-0.2, 0) is 24.4 Å². The molecule has 0 N–H and O–H groups in total. The molecule has 27 heavy (non-hydrogen) atoms. The van der Waals surface area contributed by atoms with E-state index in [1.807, 2.05) is 0 Å². The summed E-state index contributed by atoms with van der Waals surface area (Å²) in [6.07, 6.45) is 11.1. The molecule has 0 amide bonds. The quantitative estimate of drug-likeness (QED) is 0.191. The van der Waals surface area contributed by atoms with Crippen molar-refractivity contribution in [1.82, 2.24) is 0 Å². The van der Waals surface area contributed by atoms with Gasteiger partial charge in [0.25, 0.3) is 10.1 Å². The molecule has 9 heteroatoms. The Kier molecular flexibility index (Phi) is 14.1. The average Bonchev–Trinajstić information content (AvgIpc) is 2.59. The summed E-state index contributed by atoms with van der Waals surface area (Å²) >= 11 is 0. The van der Waals surface area contributed by atoms with Gasteiger partial charge in [-0.25, -0.2) is 8.42 Å². The zero-order valence-corrected chi connectivity index (χ0v) is 20.0. The van der Waals surface area contributed by atoms with Crippen LogP contribution in [0.1, 0.15) is 71.1 Å². The van der Waals surface area contributed by atoms with Crippen LogP contribution in [0.3, 0.4) is 0 Å². The van der Waals surface area contributed by atoms with Crippen molar-refractivity contribution in [3.05, 3.63) is 24.3 Å². The molecule has 1 rings (SSSR count). The number of hydrogen-bond donors (Lipinski definition) is 0. The molecule has 0 heterocycles. The third-order valence-electron chi connectivity index (χ3n) is 4.12. The smallest absolute Gasteiger partial charge is 0.744 e. The van der Waals surface area contributed by atoms with Crippen molar-refractivity contribution in [2.45, 2.75) is 80.9 Å². The topological polar surface area (TPSA) is 101 Å². The molecular weight excluding hydrogens is 399 g/mol. The summed E-state index contributed by atoms with van der Waals surface area (Å²) in [6.45, 7) is 2.17. The van der Waals surface area contributed by atoms with E-state index < -0.39 is 30.0 Å². The SMILES string of the molecule is CCCCCCCCCCCCOS(=O)(=O)c1ccccc1S(=O)(=O)[O-].[Na+]. The minimum atomic E-state index is -4.88. The van der Waals surface area contributed by atoms with Gasteiger partial charge in [-0.05, 0) is 18.6 Å². The Morgan fingerprint density at radius 3 is 1.70 bits per heavy atom. The van der Waals surface area contributed by atoms with Gasteiger partial charge < -0.3 is 4.55 Å². The molecule has 1 aromatic carbocycles. The molecule has 0 spiro atoms. The Morgan fingerprint density at radius 2 is 1.22 bits per heavy atom. The van der Waals surface area contributed by atoms with Gasteiger partial charge in [-0.1, -0.05) is 76.8 Å². The predicted molar refractivity (Wildman–Crippen MR) is 99.4 cm³/mol. The molecule has 0 atom stereocenters. The Hall–Kier alpha value is 0.0400. The minimum Gasteiger partial charge on any atom is -0.744 e. The first-order chi connectivity index (χ1) is 12.3. The summed E-state index contributed by atoms with van der Waals surface area (Å²) in [6, 6.07) is 4.69. The molecule has 0 radical (unpaired) electrons. The molecule has 0 unspecified atom stereocenters. The maximum atomic E-state index is 12.1. The first-order valence-corrected chi connectivity index (χ1v) is 12.0. The van der Waals surface area contributed by atoms with Crippen LogP contribution in [0.2, 0.25) is 0 Å². The van der Waals surface area contributed by atoms with Crippen molar-refractivity contribution < 1.29 is 55.1 Å². The molecule has 6 nitrogen and oxygen atoms in total. The van der Waals surface area contributed by atoms with Crippen molar-refractivity contribution in [2.75, 3.05) is 6.61 Å². The van der Waals surface area contributed by atoms with Gasteiger partial charge in [0, 0.05) is 0 Å². The van der Waals surface area contributed by atoms with Crippen molar-refractivity contribution >= 4 is 20.2 Å². The number of hydrogen-bond acceptors (Lipinski definition) is 6.